The summed E-state index contributed by atoms with van der Waals surface area (Å²) in [6.07, 6.45) is 0. The molecule has 0 saturated carbocycles. The quantitative estimate of drug-likeness (QED) is 0.886. The van der Waals surface area contributed by atoms with Crippen LogP contribution in [0.2, 0.25) is 0 Å². The molecule has 1 aromatic heterocycles. The van der Waals surface area contributed by atoms with Gasteiger partial charge in [-0.2, -0.15) is 0 Å². The molecule has 21 heavy (non-hydrogen) atoms. The number of aromatic nitrogens is 1. The highest BCUT2D eigenvalue weighted by Gasteiger charge is 2.21. The molecule has 0 bridgehead atoms. The van der Waals surface area contributed by atoms with Crippen molar-refractivity contribution in [2.45, 2.75) is 32.2 Å². The van der Waals surface area contributed by atoms with Crippen molar-refractivity contribution < 1.29 is 9.84 Å². The van der Waals surface area contributed by atoms with Crippen LogP contribution in [0.5, 0.6) is 5.75 Å². The molecule has 0 amide bonds. The van der Waals surface area contributed by atoms with E-state index in [2.05, 4.69) is 31.1 Å². The minimum Gasteiger partial charge on any atom is -0.495 e. The van der Waals surface area contributed by atoms with Gasteiger partial charge in [0.25, 0.3) is 0 Å². The van der Waals surface area contributed by atoms with Crippen LogP contribution in [0.25, 0.3) is 0 Å². The summed E-state index contributed by atoms with van der Waals surface area (Å²) in [5, 5.41) is 16.0. The lowest BCUT2D eigenvalue weighted by Crippen LogP contribution is -2.17. The number of methoxy groups -OCH3 is 1. The molecule has 2 rings (SSSR count). The fraction of sp³-hybridized carbons (Fsp3) is 0.438. The SMILES string of the molecule is COc1ccccc1NC(CO)c1csc(C(C)(C)C)n1. The second-order valence-electron chi connectivity index (χ2n) is 5.91. The van der Waals surface area contributed by atoms with Crippen molar-refractivity contribution in [2.75, 3.05) is 19.0 Å². The molecular weight excluding hydrogens is 284 g/mol. The highest BCUT2D eigenvalue weighted by Crippen LogP contribution is 2.31. The van der Waals surface area contributed by atoms with E-state index in [1.54, 1.807) is 18.4 Å². The molecule has 2 aromatic rings. The molecule has 0 saturated heterocycles. The van der Waals surface area contributed by atoms with Gasteiger partial charge < -0.3 is 15.2 Å². The normalized spacial score (nSPS) is 13.0. The first-order chi connectivity index (χ1) is 9.95. The average Bonchev–Trinajstić information content (AvgIpc) is 2.94. The first kappa shape index (κ1) is 15.8. The molecule has 0 spiro atoms. The minimum atomic E-state index is -0.242. The maximum absolute atomic E-state index is 9.68. The molecule has 5 heteroatoms. The summed E-state index contributed by atoms with van der Waals surface area (Å²) in [7, 11) is 1.63. The zero-order valence-corrected chi connectivity index (χ0v) is 13.7. The van der Waals surface area contributed by atoms with Gasteiger partial charge in [0.15, 0.2) is 0 Å². The molecule has 1 unspecified atom stereocenters. The average molecular weight is 306 g/mol. The number of para-hydroxylation sites is 2. The van der Waals surface area contributed by atoms with Crippen LogP contribution in [0.1, 0.15) is 37.5 Å². The Morgan fingerprint density at radius 3 is 2.62 bits per heavy atom. The van der Waals surface area contributed by atoms with E-state index < -0.39 is 0 Å². The van der Waals surface area contributed by atoms with Gasteiger partial charge in [-0.15, -0.1) is 11.3 Å². The Morgan fingerprint density at radius 2 is 2.05 bits per heavy atom. The van der Waals surface area contributed by atoms with Gasteiger partial charge in [-0.3, -0.25) is 0 Å². The first-order valence-corrected chi connectivity index (χ1v) is 7.80. The van der Waals surface area contributed by atoms with E-state index in [1.807, 2.05) is 29.6 Å². The van der Waals surface area contributed by atoms with Crippen LogP contribution in [-0.2, 0) is 5.41 Å². The van der Waals surface area contributed by atoms with Crippen LogP contribution < -0.4 is 10.1 Å². The second-order valence-corrected chi connectivity index (χ2v) is 6.77. The topological polar surface area (TPSA) is 54.4 Å². The van der Waals surface area contributed by atoms with Gasteiger partial charge in [0.05, 0.1) is 36.1 Å². The van der Waals surface area contributed by atoms with E-state index in [1.165, 1.54) is 0 Å². The zero-order chi connectivity index (χ0) is 15.5. The number of ether oxygens (including phenoxy) is 1. The zero-order valence-electron chi connectivity index (χ0n) is 12.9. The van der Waals surface area contributed by atoms with Gasteiger partial charge in [0, 0.05) is 10.8 Å². The molecule has 1 heterocycles. The Balaban J connectivity index is 2.22. The fourth-order valence-corrected chi connectivity index (χ4v) is 2.92. The Hall–Kier alpha value is -1.59. The highest BCUT2D eigenvalue weighted by molar-refractivity contribution is 7.09. The van der Waals surface area contributed by atoms with Gasteiger partial charge in [-0.1, -0.05) is 32.9 Å². The lowest BCUT2D eigenvalue weighted by molar-refractivity contribution is 0.274. The number of aliphatic hydroxyl groups is 1. The molecule has 1 atom stereocenters. The van der Waals surface area contributed by atoms with Gasteiger partial charge in [-0.25, -0.2) is 4.98 Å². The maximum atomic E-state index is 9.68. The monoisotopic (exact) mass is 306 g/mol. The molecule has 114 valence electrons. The number of benzene rings is 1. The van der Waals surface area contributed by atoms with E-state index in [4.69, 9.17) is 4.74 Å². The summed E-state index contributed by atoms with van der Waals surface area (Å²) >= 11 is 1.63. The molecular formula is C16H22N2O2S. The number of thiazole rings is 1. The van der Waals surface area contributed by atoms with Gasteiger partial charge in [0.1, 0.15) is 5.75 Å². The molecule has 0 aliphatic carbocycles. The summed E-state index contributed by atoms with van der Waals surface area (Å²) in [4.78, 5) is 4.66. The van der Waals surface area contributed by atoms with Crippen LogP contribution in [0.15, 0.2) is 29.6 Å². The van der Waals surface area contributed by atoms with E-state index in [-0.39, 0.29) is 18.1 Å². The standard InChI is InChI=1S/C16H22N2O2S/c1-16(2,3)15-18-13(10-21-15)12(9-19)17-11-7-5-6-8-14(11)20-4/h5-8,10,12,17,19H,9H2,1-4H3. The lowest BCUT2D eigenvalue weighted by Gasteiger charge is -2.18. The Labute approximate surface area is 129 Å². The molecule has 0 aliphatic heterocycles. The summed E-state index contributed by atoms with van der Waals surface area (Å²) in [6.45, 7) is 6.39. The highest BCUT2D eigenvalue weighted by atomic mass is 32.1. The second kappa shape index (κ2) is 6.45. The molecule has 0 aliphatic rings. The first-order valence-electron chi connectivity index (χ1n) is 6.92. The largest absolute Gasteiger partial charge is 0.495 e. The van der Waals surface area contributed by atoms with E-state index >= 15 is 0 Å². The number of rotatable bonds is 5. The van der Waals surface area contributed by atoms with Crippen molar-refractivity contribution >= 4 is 17.0 Å². The molecule has 4 nitrogen and oxygen atoms in total. The van der Waals surface area contributed by atoms with E-state index in [9.17, 15) is 5.11 Å². The number of aliphatic hydroxyl groups excluding tert-OH is 1. The van der Waals surface area contributed by atoms with Crippen LogP contribution in [0.4, 0.5) is 5.69 Å². The summed E-state index contributed by atoms with van der Waals surface area (Å²) < 4.78 is 5.32. The number of anilines is 1. The predicted octanol–water partition coefficient (Wildman–Crippen LogP) is 3.59. The van der Waals surface area contributed by atoms with Crippen molar-refractivity contribution in [3.05, 3.63) is 40.3 Å². The number of hydrogen-bond acceptors (Lipinski definition) is 5. The third kappa shape index (κ3) is 3.74. The third-order valence-corrected chi connectivity index (χ3v) is 4.43. The van der Waals surface area contributed by atoms with E-state index in [0.29, 0.717) is 0 Å². The fourth-order valence-electron chi connectivity index (χ4n) is 1.96. The van der Waals surface area contributed by atoms with E-state index in [0.717, 1.165) is 22.1 Å². The predicted molar refractivity (Wildman–Crippen MR) is 87.3 cm³/mol. The molecule has 1 aromatic carbocycles. The Kier molecular flexibility index (Phi) is 4.85. The number of nitrogens with zero attached hydrogens (tertiary/aromatic N) is 1. The van der Waals surface area contributed by atoms with Crippen LogP contribution in [-0.4, -0.2) is 23.8 Å². The molecule has 0 radical (unpaired) electrons. The number of hydrogen-bond donors (Lipinski definition) is 2. The van der Waals surface area contributed by atoms with Crippen molar-refractivity contribution in [1.29, 1.82) is 0 Å². The Morgan fingerprint density at radius 1 is 1.33 bits per heavy atom. The van der Waals surface area contributed by atoms with Gasteiger partial charge in [0.2, 0.25) is 0 Å². The van der Waals surface area contributed by atoms with Gasteiger partial charge >= 0.3 is 0 Å². The van der Waals surface area contributed by atoms with Crippen molar-refractivity contribution in [3.63, 3.8) is 0 Å². The van der Waals surface area contributed by atoms with Crippen molar-refractivity contribution in [2.24, 2.45) is 0 Å². The van der Waals surface area contributed by atoms with Crippen LogP contribution in [0, 0.1) is 0 Å². The molecule has 0 fully saturated rings. The summed E-state index contributed by atoms with van der Waals surface area (Å²) in [6, 6.07) is 7.42. The van der Waals surface area contributed by atoms with Crippen LogP contribution >= 0.6 is 11.3 Å². The van der Waals surface area contributed by atoms with Crippen LogP contribution in [0.3, 0.4) is 0 Å². The smallest absolute Gasteiger partial charge is 0.141 e. The summed E-state index contributed by atoms with van der Waals surface area (Å²) in [5.41, 5.74) is 1.73. The Bertz CT molecular complexity index is 590. The minimum absolute atomic E-state index is 0.0212. The summed E-state index contributed by atoms with van der Waals surface area (Å²) in [5.74, 6) is 0.752. The lowest BCUT2D eigenvalue weighted by atomic mass is 9.98. The van der Waals surface area contributed by atoms with Crippen molar-refractivity contribution in [1.82, 2.24) is 4.98 Å². The maximum Gasteiger partial charge on any atom is 0.141 e. The van der Waals surface area contributed by atoms with Gasteiger partial charge in [-0.05, 0) is 12.1 Å². The number of nitrogens with one attached hydrogen (secondary N) is 1. The molecule has 2 N–H and O–H groups in total. The van der Waals surface area contributed by atoms with Crippen molar-refractivity contribution in [3.8, 4) is 5.75 Å². The third-order valence-electron chi connectivity index (χ3n) is 3.14.